The molecule has 2 atom stereocenters. The van der Waals surface area contributed by atoms with Crippen LogP contribution < -0.4 is 4.90 Å². The van der Waals surface area contributed by atoms with E-state index in [1.165, 1.54) is 0 Å². The molecule has 2 fully saturated rings. The molecule has 2 heterocycles. The van der Waals surface area contributed by atoms with E-state index in [2.05, 4.69) is 4.90 Å². The van der Waals surface area contributed by atoms with Crippen molar-refractivity contribution in [1.82, 2.24) is 0 Å². The number of aliphatic hydroxyl groups is 1. The smallest absolute Gasteiger partial charge is 0.152 e. The number of aliphatic hydroxyl groups excluding tert-OH is 1. The zero-order valence-corrected chi connectivity index (χ0v) is 10.8. The minimum Gasteiger partial charge on any atom is -0.393 e. The van der Waals surface area contributed by atoms with Gasteiger partial charge in [-0.1, -0.05) is 17.7 Å². The molecule has 3 nitrogen and oxygen atoms in total. The number of aldehydes is 1. The first-order valence-electron chi connectivity index (χ1n) is 6.41. The predicted molar refractivity (Wildman–Crippen MR) is 71.4 cm³/mol. The average Bonchev–Trinajstić information content (AvgIpc) is 2.61. The number of carbonyl (C=O) groups is 1. The van der Waals surface area contributed by atoms with Gasteiger partial charge in [-0.15, -0.1) is 0 Å². The van der Waals surface area contributed by atoms with Crippen molar-refractivity contribution in [3.8, 4) is 0 Å². The molecule has 1 N–H and O–H groups in total. The first kappa shape index (κ1) is 12.0. The zero-order valence-electron chi connectivity index (χ0n) is 10.1. The van der Waals surface area contributed by atoms with Crippen molar-refractivity contribution in [1.29, 1.82) is 0 Å². The summed E-state index contributed by atoms with van der Waals surface area (Å²) in [5, 5.41) is 10.5. The van der Waals surface area contributed by atoms with E-state index in [1.807, 2.05) is 6.07 Å². The second-order valence-corrected chi connectivity index (χ2v) is 5.62. The van der Waals surface area contributed by atoms with Crippen molar-refractivity contribution < 1.29 is 9.90 Å². The summed E-state index contributed by atoms with van der Waals surface area (Å²) in [6.07, 6.45) is 4.36. The number of anilines is 1. The van der Waals surface area contributed by atoms with E-state index in [0.717, 1.165) is 37.7 Å². The van der Waals surface area contributed by atoms with Crippen LogP contribution in [0.1, 0.15) is 36.0 Å². The first-order chi connectivity index (χ1) is 8.70. The fourth-order valence-electron chi connectivity index (χ4n) is 3.41. The molecule has 4 heteroatoms. The van der Waals surface area contributed by atoms with Crippen LogP contribution in [0, 0.1) is 0 Å². The van der Waals surface area contributed by atoms with Crippen molar-refractivity contribution in [3.05, 3.63) is 28.8 Å². The monoisotopic (exact) mass is 265 g/mol. The van der Waals surface area contributed by atoms with Gasteiger partial charge in [0.2, 0.25) is 0 Å². The Bertz CT molecular complexity index is 463. The Morgan fingerprint density at radius 3 is 2.56 bits per heavy atom. The SMILES string of the molecule is O=Cc1cccc(Cl)c1N1C2CCC1CC(O)C2. The zero-order chi connectivity index (χ0) is 12.7. The van der Waals surface area contributed by atoms with Crippen LogP contribution in [0.3, 0.4) is 0 Å². The average molecular weight is 266 g/mol. The predicted octanol–water partition coefficient (Wildman–Crippen LogP) is 2.64. The van der Waals surface area contributed by atoms with Gasteiger partial charge in [0.1, 0.15) is 0 Å². The molecule has 18 heavy (non-hydrogen) atoms. The Morgan fingerprint density at radius 1 is 1.28 bits per heavy atom. The number of fused-ring (bicyclic) bond motifs is 2. The number of carbonyl (C=O) groups excluding carboxylic acids is 1. The van der Waals surface area contributed by atoms with Crippen molar-refractivity contribution in [2.75, 3.05) is 4.90 Å². The first-order valence-corrected chi connectivity index (χ1v) is 6.78. The number of benzene rings is 1. The highest BCUT2D eigenvalue weighted by Gasteiger charge is 2.41. The molecule has 2 saturated heterocycles. The van der Waals surface area contributed by atoms with Gasteiger partial charge in [-0.25, -0.2) is 0 Å². The fourth-order valence-corrected chi connectivity index (χ4v) is 3.69. The molecule has 0 radical (unpaired) electrons. The maximum atomic E-state index is 11.2. The lowest BCUT2D eigenvalue weighted by Gasteiger charge is -2.40. The number of halogens is 1. The standard InChI is InChI=1S/C14H16ClNO2/c15-13-3-1-2-9(8-17)14(13)16-10-4-5-11(16)7-12(18)6-10/h1-3,8,10-12,18H,4-7H2. The molecule has 0 saturated carbocycles. The van der Waals surface area contributed by atoms with E-state index < -0.39 is 0 Å². The van der Waals surface area contributed by atoms with Gasteiger partial charge in [0.15, 0.2) is 6.29 Å². The molecule has 2 bridgehead atoms. The molecular formula is C14H16ClNO2. The quantitative estimate of drug-likeness (QED) is 0.836. The number of hydrogen-bond donors (Lipinski definition) is 1. The lowest BCUT2D eigenvalue weighted by molar-refractivity contribution is 0.112. The molecule has 2 aliphatic rings. The number of nitrogens with zero attached hydrogens (tertiary/aromatic N) is 1. The van der Waals surface area contributed by atoms with Crippen molar-refractivity contribution in [3.63, 3.8) is 0 Å². The molecule has 1 aromatic rings. The number of rotatable bonds is 2. The molecule has 0 amide bonds. The summed E-state index contributed by atoms with van der Waals surface area (Å²) in [4.78, 5) is 13.4. The summed E-state index contributed by atoms with van der Waals surface area (Å²) in [6, 6.07) is 6.07. The summed E-state index contributed by atoms with van der Waals surface area (Å²) in [5.74, 6) is 0. The number of hydrogen-bond acceptors (Lipinski definition) is 3. The largest absolute Gasteiger partial charge is 0.393 e. The molecule has 1 aromatic carbocycles. The van der Waals surface area contributed by atoms with Crippen LogP contribution >= 0.6 is 11.6 Å². The molecule has 0 aromatic heterocycles. The van der Waals surface area contributed by atoms with Gasteiger partial charge in [-0.2, -0.15) is 0 Å². The van der Waals surface area contributed by atoms with Crippen LogP contribution in [0.15, 0.2) is 18.2 Å². The van der Waals surface area contributed by atoms with Crippen LogP contribution in [-0.4, -0.2) is 29.6 Å². The van der Waals surface area contributed by atoms with E-state index in [1.54, 1.807) is 12.1 Å². The van der Waals surface area contributed by atoms with Gasteiger partial charge in [-0.3, -0.25) is 4.79 Å². The molecule has 3 rings (SSSR count). The summed E-state index contributed by atoms with van der Waals surface area (Å²) >= 11 is 6.27. The van der Waals surface area contributed by atoms with Crippen LogP contribution in [-0.2, 0) is 0 Å². The van der Waals surface area contributed by atoms with Gasteiger partial charge in [0.25, 0.3) is 0 Å². The van der Waals surface area contributed by atoms with Gasteiger partial charge in [0, 0.05) is 17.6 Å². The van der Waals surface area contributed by atoms with Crippen LogP contribution in [0.25, 0.3) is 0 Å². The van der Waals surface area contributed by atoms with Crippen molar-refractivity contribution in [2.24, 2.45) is 0 Å². The van der Waals surface area contributed by atoms with Crippen molar-refractivity contribution >= 4 is 23.6 Å². The van der Waals surface area contributed by atoms with Gasteiger partial charge < -0.3 is 10.0 Å². The topological polar surface area (TPSA) is 40.5 Å². The summed E-state index contributed by atoms with van der Waals surface area (Å²) in [5.41, 5.74) is 1.50. The molecule has 2 aliphatic heterocycles. The van der Waals surface area contributed by atoms with Gasteiger partial charge in [0.05, 0.1) is 16.8 Å². The third kappa shape index (κ3) is 1.82. The highest BCUT2D eigenvalue weighted by molar-refractivity contribution is 6.34. The van der Waals surface area contributed by atoms with Crippen LogP contribution in [0.2, 0.25) is 5.02 Å². The lowest BCUT2D eigenvalue weighted by Crippen LogP contribution is -2.45. The van der Waals surface area contributed by atoms with E-state index in [0.29, 0.717) is 22.7 Å². The Labute approximate surface area is 111 Å². The third-order valence-electron chi connectivity index (χ3n) is 4.11. The van der Waals surface area contributed by atoms with E-state index in [-0.39, 0.29) is 6.10 Å². The Morgan fingerprint density at radius 2 is 1.94 bits per heavy atom. The molecule has 2 unspecified atom stereocenters. The van der Waals surface area contributed by atoms with E-state index >= 15 is 0 Å². The van der Waals surface area contributed by atoms with Gasteiger partial charge in [-0.05, 0) is 37.8 Å². The molecule has 0 aliphatic carbocycles. The third-order valence-corrected chi connectivity index (χ3v) is 4.42. The summed E-state index contributed by atoms with van der Waals surface area (Å²) in [7, 11) is 0. The van der Waals surface area contributed by atoms with Crippen LogP contribution in [0.4, 0.5) is 5.69 Å². The van der Waals surface area contributed by atoms with E-state index in [9.17, 15) is 9.90 Å². The van der Waals surface area contributed by atoms with Crippen molar-refractivity contribution in [2.45, 2.75) is 43.9 Å². The molecular weight excluding hydrogens is 250 g/mol. The number of piperidine rings is 1. The minimum absolute atomic E-state index is 0.207. The number of para-hydroxylation sites is 1. The Kier molecular flexibility index (Phi) is 3.04. The maximum Gasteiger partial charge on any atom is 0.152 e. The lowest BCUT2D eigenvalue weighted by atomic mass is 9.98. The summed E-state index contributed by atoms with van der Waals surface area (Å²) < 4.78 is 0. The summed E-state index contributed by atoms with van der Waals surface area (Å²) in [6.45, 7) is 0. The van der Waals surface area contributed by atoms with Gasteiger partial charge >= 0.3 is 0 Å². The molecule has 0 spiro atoms. The Balaban J connectivity index is 2.03. The highest BCUT2D eigenvalue weighted by atomic mass is 35.5. The van der Waals surface area contributed by atoms with E-state index in [4.69, 9.17) is 11.6 Å². The second kappa shape index (κ2) is 4.56. The van der Waals surface area contributed by atoms with Crippen LogP contribution in [0.5, 0.6) is 0 Å². The highest BCUT2D eigenvalue weighted by Crippen LogP contribution is 2.43. The fraction of sp³-hybridized carbons (Fsp3) is 0.500. The molecule has 96 valence electrons. The second-order valence-electron chi connectivity index (χ2n) is 5.21. The maximum absolute atomic E-state index is 11.2. The minimum atomic E-state index is -0.207. The Hall–Kier alpha value is -1.06. The normalized spacial score (nSPS) is 30.6.